The lowest BCUT2D eigenvalue weighted by Crippen LogP contribution is -2.28. The first-order chi connectivity index (χ1) is 5.70. The predicted octanol–water partition coefficient (Wildman–Crippen LogP) is 4.45. The van der Waals surface area contributed by atoms with Crippen molar-refractivity contribution in [3.63, 3.8) is 0 Å². The largest absolute Gasteiger partial charge is 0.0651 e. The van der Waals surface area contributed by atoms with Crippen LogP contribution in [0.4, 0.5) is 0 Å². The molecule has 0 bridgehead atoms. The molecule has 0 fully saturated rings. The van der Waals surface area contributed by atoms with Crippen LogP contribution in [0.25, 0.3) is 0 Å². The highest BCUT2D eigenvalue weighted by atomic mass is 14.4. The van der Waals surface area contributed by atoms with Crippen molar-refractivity contribution >= 4 is 0 Å². The minimum Gasteiger partial charge on any atom is -0.0651 e. The fraction of sp³-hybridized carbons (Fsp3) is 0.917. The Morgan fingerprint density at radius 1 is 1.00 bits per heavy atom. The van der Waals surface area contributed by atoms with Gasteiger partial charge in [0.2, 0.25) is 0 Å². The second kappa shape index (κ2) is 5.61. The van der Waals surface area contributed by atoms with E-state index in [1.54, 1.807) is 0 Å². The van der Waals surface area contributed by atoms with Crippen molar-refractivity contribution in [3.8, 4) is 0 Å². The summed E-state index contributed by atoms with van der Waals surface area (Å²) in [6, 6.07) is 0. The first kappa shape index (κ1) is 12.0. The molecular formula is C12H25. The van der Waals surface area contributed by atoms with E-state index in [-0.39, 0.29) is 0 Å². The molecule has 0 rings (SSSR count). The van der Waals surface area contributed by atoms with Gasteiger partial charge in [0.1, 0.15) is 0 Å². The predicted molar refractivity (Wildman–Crippen MR) is 57.1 cm³/mol. The van der Waals surface area contributed by atoms with Crippen molar-refractivity contribution in [3.05, 3.63) is 6.92 Å². The van der Waals surface area contributed by atoms with Gasteiger partial charge < -0.3 is 0 Å². The van der Waals surface area contributed by atoms with Gasteiger partial charge in [-0.05, 0) is 17.8 Å². The minimum absolute atomic E-state index is 0.531. The van der Waals surface area contributed by atoms with Gasteiger partial charge >= 0.3 is 0 Å². The van der Waals surface area contributed by atoms with Crippen molar-refractivity contribution in [2.24, 2.45) is 11.3 Å². The summed E-state index contributed by atoms with van der Waals surface area (Å²) < 4.78 is 0. The molecule has 0 aromatic heterocycles. The van der Waals surface area contributed by atoms with E-state index >= 15 is 0 Å². The molecule has 0 heteroatoms. The lowest BCUT2D eigenvalue weighted by molar-refractivity contribution is 0.134. The van der Waals surface area contributed by atoms with Crippen LogP contribution in [-0.2, 0) is 0 Å². The average Bonchev–Trinajstić information content (AvgIpc) is 2.14. The molecule has 0 aromatic rings. The topological polar surface area (TPSA) is 0 Å². The van der Waals surface area contributed by atoms with Crippen LogP contribution in [0.5, 0.6) is 0 Å². The molecule has 73 valence electrons. The van der Waals surface area contributed by atoms with Crippen LogP contribution in [0.15, 0.2) is 0 Å². The van der Waals surface area contributed by atoms with Crippen LogP contribution in [0, 0.1) is 18.3 Å². The number of rotatable bonds is 6. The van der Waals surface area contributed by atoms with Gasteiger partial charge in [-0.3, -0.25) is 0 Å². The zero-order valence-electron chi connectivity index (χ0n) is 9.32. The van der Waals surface area contributed by atoms with Gasteiger partial charge in [-0.1, -0.05) is 60.3 Å². The summed E-state index contributed by atoms with van der Waals surface area (Å²) in [5.74, 6) is 0.880. The van der Waals surface area contributed by atoms with Crippen molar-refractivity contribution in [1.82, 2.24) is 0 Å². The third-order valence-corrected chi connectivity index (χ3v) is 3.76. The third-order valence-electron chi connectivity index (χ3n) is 3.76. The molecule has 12 heavy (non-hydrogen) atoms. The number of hydrogen-bond acceptors (Lipinski definition) is 0. The Morgan fingerprint density at radius 3 is 1.50 bits per heavy atom. The highest BCUT2D eigenvalue weighted by molar-refractivity contribution is 4.83. The first-order valence-electron chi connectivity index (χ1n) is 5.49. The van der Waals surface area contributed by atoms with Crippen LogP contribution in [0.2, 0.25) is 0 Å². The van der Waals surface area contributed by atoms with Gasteiger partial charge in [0.15, 0.2) is 0 Å². The number of hydrogen-bond donors (Lipinski definition) is 0. The fourth-order valence-corrected chi connectivity index (χ4v) is 2.54. The summed E-state index contributed by atoms with van der Waals surface area (Å²) in [4.78, 5) is 0. The van der Waals surface area contributed by atoms with Crippen molar-refractivity contribution in [1.29, 1.82) is 0 Å². The van der Waals surface area contributed by atoms with Gasteiger partial charge in [0.25, 0.3) is 0 Å². The average molecular weight is 169 g/mol. The monoisotopic (exact) mass is 169 g/mol. The Balaban J connectivity index is 4.42. The third kappa shape index (κ3) is 2.24. The Bertz CT molecular complexity index is 88.3. The van der Waals surface area contributed by atoms with Gasteiger partial charge in [-0.2, -0.15) is 0 Å². The molecule has 0 saturated heterocycles. The van der Waals surface area contributed by atoms with Crippen molar-refractivity contribution < 1.29 is 0 Å². The van der Waals surface area contributed by atoms with Crippen LogP contribution >= 0.6 is 0 Å². The van der Waals surface area contributed by atoms with E-state index in [9.17, 15) is 0 Å². The van der Waals surface area contributed by atoms with Gasteiger partial charge in [-0.25, -0.2) is 0 Å². The van der Waals surface area contributed by atoms with Crippen LogP contribution in [0.3, 0.4) is 0 Å². The van der Waals surface area contributed by atoms with Crippen LogP contribution in [-0.4, -0.2) is 0 Å². The summed E-state index contributed by atoms with van der Waals surface area (Å²) >= 11 is 0. The highest BCUT2D eigenvalue weighted by Crippen LogP contribution is 2.41. The van der Waals surface area contributed by atoms with Crippen LogP contribution < -0.4 is 0 Å². The molecular weight excluding hydrogens is 144 g/mol. The molecule has 0 amide bonds. The second-order valence-electron chi connectivity index (χ2n) is 3.83. The van der Waals surface area contributed by atoms with E-state index in [0.29, 0.717) is 5.41 Å². The van der Waals surface area contributed by atoms with Gasteiger partial charge in [0, 0.05) is 0 Å². The Kier molecular flexibility index (Phi) is 5.61. The standard InChI is InChI=1S/C12H25/c1-6-11(7-2)12(8-3,9-4)10-5/h11H,3,6-10H2,1-2,4-5H3. The van der Waals surface area contributed by atoms with Crippen molar-refractivity contribution in [2.75, 3.05) is 0 Å². The van der Waals surface area contributed by atoms with Crippen molar-refractivity contribution in [2.45, 2.75) is 59.8 Å². The maximum absolute atomic E-state index is 4.12. The molecule has 0 spiro atoms. The summed E-state index contributed by atoms with van der Waals surface area (Å²) in [5.41, 5.74) is 0.531. The van der Waals surface area contributed by atoms with Gasteiger partial charge in [-0.15, -0.1) is 0 Å². The first-order valence-corrected chi connectivity index (χ1v) is 5.49. The quantitative estimate of drug-likeness (QED) is 0.551. The molecule has 0 aromatic carbocycles. The molecule has 0 nitrogen and oxygen atoms in total. The zero-order valence-corrected chi connectivity index (χ0v) is 9.32. The van der Waals surface area contributed by atoms with E-state index in [1.807, 2.05) is 0 Å². The summed E-state index contributed by atoms with van der Waals surface area (Å²) in [5, 5.41) is 0. The molecule has 0 unspecified atom stereocenters. The molecule has 0 aliphatic carbocycles. The summed E-state index contributed by atoms with van der Waals surface area (Å²) in [6.07, 6.45) is 6.31. The molecule has 0 saturated carbocycles. The van der Waals surface area contributed by atoms with E-state index in [0.717, 1.165) is 12.3 Å². The normalized spacial score (nSPS) is 12.5. The molecule has 0 heterocycles. The van der Waals surface area contributed by atoms with E-state index in [1.165, 1.54) is 25.7 Å². The second-order valence-corrected chi connectivity index (χ2v) is 3.83. The zero-order chi connectivity index (χ0) is 9.61. The van der Waals surface area contributed by atoms with E-state index in [2.05, 4.69) is 34.6 Å². The minimum atomic E-state index is 0.531. The fourth-order valence-electron chi connectivity index (χ4n) is 2.54. The van der Waals surface area contributed by atoms with E-state index < -0.39 is 0 Å². The smallest absolute Gasteiger partial charge is 0.0275 e. The lowest BCUT2D eigenvalue weighted by Gasteiger charge is -2.38. The SMILES string of the molecule is [CH2]CC(CC)(CC)C(CC)CC. The Labute approximate surface area is 78.8 Å². The summed E-state index contributed by atoms with van der Waals surface area (Å²) in [7, 11) is 0. The molecule has 1 radical (unpaired) electrons. The maximum Gasteiger partial charge on any atom is -0.0275 e. The Hall–Kier alpha value is 0. The molecule has 0 N–H and O–H groups in total. The molecule has 0 atom stereocenters. The van der Waals surface area contributed by atoms with Crippen LogP contribution in [0.1, 0.15) is 59.8 Å². The summed E-state index contributed by atoms with van der Waals surface area (Å²) in [6.45, 7) is 13.4. The highest BCUT2D eigenvalue weighted by Gasteiger charge is 2.31. The van der Waals surface area contributed by atoms with Gasteiger partial charge in [0.05, 0.1) is 0 Å². The lowest BCUT2D eigenvalue weighted by atomic mass is 9.67. The molecule has 0 aliphatic rings. The molecule has 0 aliphatic heterocycles. The Morgan fingerprint density at radius 2 is 1.42 bits per heavy atom. The maximum atomic E-state index is 4.12. The van der Waals surface area contributed by atoms with E-state index in [4.69, 9.17) is 0 Å².